The topological polar surface area (TPSA) is 67.4 Å². The van der Waals surface area contributed by atoms with Gasteiger partial charge >= 0.3 is 5.97 Å². The molecule has 1 aromatic rings. The average Bonchev–Trinajstić information content (AvgIpc) is 2.65. The van der Waals surface area contributed by atoms with E-state index in [0.29, 0.717) is 0 Å². The first-order valence-corrected chi connectivity index (χ1v) is 5.78. The number of hydrogen-bond acceptors (Lipinski definition) is 4. The molecule has 2 atom stereocenters. The van der Waals surface area contributed by atoms with E-state index in [1.54, 1.807) is 6.92 Å². The normalized spacial score (nSPS) is 19.1. The van der Waals surface area contributed by atoms with Crippen molar-refractivity contribution in [1.82, 2.24) is 5.32 Å². The molecule has 1 amide bonds. The number of amides is 1. The van der Waals surface area contributed by atoms with Crippen molar-refractivity contribution in [3.05, 3.63) is 29.3 Å². The van der Waals surface area contributed by atoms with Crippen LogP contribution in [0.5, 0.6) is 0 Å². The Morgan fingerprint density at radius 3 is 2.89 bits per heavy atom. The van der Waals surface area contributed by atoms with E-state index in [0.717, 1.165) is 16.8 Å². The van der Waals surface area contributed by atoms with Crippen molar-refractivity contribution in [2.75, 3.05) is 12.4 Å². The van der Waals surface area contributed by atoms with Crippen molar-refractivity contribution in [2.24, 2.45) is 0 Å². The predicted octanol–water partition coefficient (Wildman–Crippen LogP) is 1.14. The minimum Gasteiger partial charge on any atom is -0.468 e. The summed E-state index contributed by atoms with van der Waals surface area (Å²) >= 11 is 0. The Balaban J connectivity index is 2.22. The Hall–Kier alpha value is -1.88. The van der Waals surface area contributed by atoms with Gasteiger partial charge in [0.2, 0.25) is 5.91 Å². The summed E-state index contributed by atoms with van der Waals surface area (Å²) in [5.41, 5.74) is 2.73. The van der Waals surface area contributed by atoms with Gasteiger partial charge in [0.15, 0.2) is 0 Å². The first-order valence-electron chi connectivity index (χ1n) is 5.78. The molecule has 1 unspecified atom stereocenters. The summed E-state index contributed by atoms with van der Waals surface area (Å²) in [4.78, 5) is 23.2. The quantitative estimate of drug-likeness (QED) is 0.787. The lowest BCUT2D eigenvalue weighted by Crippen LogP contribution is -2.40. The number of rotatable bonds is 3. The molecule has 1 heterocycles. The van der Waals surface area contributed by atoms with E-state index >= 15 is 0 Å². The van der Waals surface area contributed by atoms with Gasteiger partial charge in [0.05, 0.1) is 7.11 Å². The minimum atomic E-state index is -0.530. The molecule has 0 bridgehead atoms. The summed E-state index contributed by atoms with van der Waals surface area (Å²) in [7, 11) is 1.33. The first-order chi connectivity index (χ1) is 8.52. The third kappa shape index (κ3) is 2.22. The van der Waals surface area contributed by atoms with Crippen LogP contribution in [0.2, 0.25) is 0 Å². The van der Waals surface area contributed by atoms with Crippen LogP contribution in [-0.4, -0.2) is 25.0 Å². The van der Waals surface area contributed by atoms with Crippen LogP contribution in [0.15, 0.2) is 18.2 Å². The Labute approximate surface area is 106 Å². The van der Waals surface area contributed by atoms with Gasteiger partial charge < -0.3 is 10.1 Å². The maximum absolute atomic E-state index is 11.9. The van der Waals surface area contributed by atoms with Crippen LogP contribution < -0.4 is 10.6 Å². The van der Waals surface area contributed by atoms with Gasteiger partial charge in [-0.05, 0) is 19.9 Å². The largest absolute Gasteiger partial charge is 0.468 e. The van der Waals surface area contributed by atoms with Crippen LogP contribution in [0, 0.1) is 6.92 Å². The van der Waals surface area contributed by atoms with Gasteiger partial charge in [0.25, 0.3) is 0 Å². The number of esters is 1. The number of benzene rings is 1. The lowest BCUT2D eigenvalue weighted by Gasteiger charge is -2.16. The highest BCUT2D eigenvalue weighted by Gasteiger charge is 2.32. The summed E-state index contributed by atoms with van der Waals surface area (Å²) in [6.07, 6.45) is 0. The number of carbonyl (C=O) groups excluding carboxylic acids is 2. The second-order valence-electron chi connectivity index (χ2n) is 4.42. The second kappa shape index (κ2) is 4.78. The van der Waals surface area contributed by atoms with Crippen LogP contribution in [0.25, 0.3) is 0 Å². The lowest BCUT2D eigenvalue weighted by atomic mass is 10.0. The number of methoxy groups -OCH3 is 1. The van der Waals surface area contributed by atoms with Crippen molar-refractivity contribution in [2.45, 2.75) is 25.9 Å². The molecule has 5 heteroatoms. The number of anilines is 1. The third-order valence-electron chi connectivity index (χ3n) is 3.01. The molecule has 1 aliphatic rings. The molecule has 2 N–H and O–H groups in total. The monoisotopic (exact) mass is 248 g/mol. The summed E-state index contributed by atoms with van der Waals surface area (Å²) in [6, 6.07) is 4.71. The Bertz CT molecular complexity index is 499. The standard InChI is InChI=1S/C13H16N2O3/c1-7-4-5-10-9(6-7)11(12(16)15-10)14-8(2)13(17)18-3/h4-6,8,11,14H,1-3H3,(H,15,16)/t8-,11?/m0/s1. The molecule has 1 aliphatic heterocycles. The molecule has 0 saturated carbocycles. The highest BCUT2D eigenvalue weighted by atomic mass is 16.5. The van der Waals surface area contributed by atoms with Gasteiger partial charge in [0, 0.05) is 11.3 Å². The third-order valence-corrected chi connectivity index (χ3v) is 3.01. The zero-order valence-electron chi connectivity index (χ0n) is 10.6. The highest BCUT2D eigenvalue weighted by Crippen LogP contribution is 2.31. The van der Waals surface area contributed by atoms with Crippen molar-refractivity contribution in [1.29, 1.82) is 0 Å². The number of nitrogens with one attached hydrogen (secondary N) is 2. The minimum absolute atomic E-state index is 0.147. The fourth-order valence-electron chi connectivity index (χ4n) is 2.04. The number of hydrogen-bond donors (Lipinski definition) is 2. The molecule has 2 rings (SSSR count). The maximum Gasteiger partial charge on any atom is 0.322 e. The van der Waals surface area contributed by atoms with Crippen molar-refractivity contribution < 1.29 is 14.3 Å². The van der Waals surface area contributed by atoms with Crippen LogP contribution in [0.4, 0.5) is 5.69 Å². The van der Waals surface area contributed by atoms with Gasteiger partial charge in [-0.3, -0.25) is 14.9 Å². The van der Waals surface area contributed by atoms with E-state index in [9.17, 15) is 9.59 Å². The van der Waals surface area contributed by atoms with Crippen LogP contribution >= 0.6 is 0 Å². The lowest BCUT2D eigenvalue weighted by molar-refractivity contribution is -0.142. The summed E-state index contributed by atoms with van der Waals surface area (Å²) in [5.74, 6) is -0.532. The van der Waals surface area contributed by atoms with E-state index in [2.05, 4.69) is 15.4 Å². The van der Waals surface area contributed by atoms with Crippen molar-refractivity contribution in [3.63, 3.8) is 0 Å². The van der Waals surface area contributed by atoms with Crippen molar-refractivity contribution in [3.8, 4) is 0 Å². The van der Waals surface area contributed by atoms with E-state index < -0.39 is 12.1 Å². The van der Waals surface area contributed by atoms with E-state index in [4.69, 9.17) is 0 Å². The number of carbonyl (C=O) groups is 2. The molecule has 0 saturated heterocycles. The molecule has 0 fully saturated rings. The summed E-state index contributed by atoms with van der Waals surface area (Å²) in [5, 5.41) is 5.76. The summed E-state index contributed by atoms with van der Waals surface area (Å²) in [6.45, 7) is 3.64. The van der Waals surface area contributed by atoms with Gasteiger partial charge in [-0.15, -0.1) is 0 Å². The Kier molecular flexibility index (Phi) is 3.34. The Morgan fingerprint density at radius 1 is 1.50 bits per heavy atom. The molecular weight excluding hydrogens is 232 g/mol. The maximum atomic E-state index is 11.9. The SMILES string of the molecule is COC(=O)[C@H](C)NC1C(=O)Nc2ccc(C)cc21. The van der Waals surface area contributed by atoms with Gasteiger partial charge in [-0.1, -0.05) is 17.7 Å². The number of aryl methyl sites for hydroxylation is 1. The molecular formula is C13H16N2O3. The second-order valence-corrected chi connectivity index (χ2v) is 4.42. The van der Waals surface area contributed by atoms with Gasteiger partial charge in [-0.25, -0.2) is 0 Å². The molecule has 0 aromatic heterocycles. The van der Waals surface area contributed by atoms with Gasteiger partial charge in [-0.2, -0.15) is 0 Å². The zero-order valence-corrected chi connectivity index (χ0v) is 10.6. The van der Waals surface area contributed by atoms with Crippen LogP contribution in [0.3, 0.4) is 0 Å². The fourth-order valence-corrected chi connectivity index (χ4v) is 2.04. The highest BCUT2D eigenvalue weighted by molar-refractivity contribution is 6.02. The molecule has 18 heavy (non-hydrogen) atoms. The Morgan fingerprint density at radius 2 is 2.22 bits per heavy atom. The molecule has 0 radical (unpaired) electrons. The van der Waals surface area contributed by atoms with E-state index in [1.807, 2.05) is 25.1 Å². The van der Waals surface area contributed by atoms with Gasteiger partial charge in [0.1, 0.15) is 12.1 Å². The molecule has 96 valence electrons. The van der Waals surface area contributed by atoms with Crippen LogP contribution in [0.1, 0.15) is 24.1 Å². The smallest absolute Gasteiger partial charge is 0.322 e. The summed E-state index contributed by atoms with van der Waals surface area (Å²) < 4.78 is 4.64. The number of ether oxygens (including phenoxy) is 1. The van der Waals surface area contributed by atoms with Crippen molar-refractivity contribution >= 4 is 17.6 Å². The predicted molar refractivity (Wildman–Crippen MR) is 67.2 cm³/mol. The molecule has 1 aromatic carbocycles. The average molecular weight is 248 g/mol. The first kappa shape index (κ1) is 12.6. The molecule has 0 aliphatic carbocycles. The van der Waals surface area contributed by atoms with E-state index in [-0.39, 0.29) is 11.9 Å². The van der Waals surface area contributed by atoms with E-state index in [1.165, 1.54) is 7.11 Å². The molecule has 5 nitrogen and oxygen atoms in total. The molecule has 0 spiro atoms. The fraction of sp³-hybridized carbons (Fsp3) is 0.385. The zero-order chi connectivity index (χ0) is 13.3. The number of fused-ring (bicyclic) bond motifs is 1. The van der Waals surface area contributed by atoms with Crippen LogP contribution in [-0.2, 0) is 14.3 Å².